The molecule has 0 spiro atoms. The maximum absolute atomic E-state index is 13.9. The Bertz CT molecular complexity index is 1190. The van der Waals surface area contributed by atoms with E-state index in [0.717, 1.165) is 38.2 Å². The SMILES string of the molecule is N=C(NC(=O)Cc1c(F)cc(F)cc1F)N[C@H](CC1CCCCC1)C(=O)NCc1ccc(F)c(C(F)(F)F)c1. The van der Waals surface area contributed by atoms with Gasteiger partial charge < -0.3 is 10.6 Å². The molecule has 212 valence electrons. The predicted molar refractivity (Wildman–Crippen MR) is 127 cm³/mol. The highest BCUT2D eigenvalue weighted by atomic mass is 19.4. The molecule has 0 aliphatic heterocycles. The molecule has 0 aromatic heterocycles. The van der Waals surface area contributed by atoms with Crippen molar-refractivity contribution in [3.8, 4) is 0 Å². The third kappa shape index (κ3) is 8.69. The number of carbonyl (C=O) groups is 2. The van der Waals surface area contributed by atoms with E-state index in [2.05, 4.69) is 16.0 Å². The first-order chi connectivity index (χ1) is 18.3. The number of alkyl halides is 3. The van der Waals surface area contributed by atoms with Gasteiger partial charge in [-0.15, -0.1) is 0 Å². The normalized spacial score (nSPS) is 14.9. The van der Waals surface area contributed by atoms with Gasteiger partial charge in [0, 0.05) is 24.2 Å². The molecule has 6 nitrogen and oxygen atoms in total. The molecule has 2 aromatic rings. The van der Waals surface area contributed by atoms with E-state index in [1.54, 1.807) is 0 Å². The Morgan fingerprint density at radius 3 is 2.21 bits per heavy atom. The lowest BCUT2D eigenvalue weighted by Crippen LogP contribution is -2.52. The second-order valence-corrected chi connectivity index (χ2v) is 9.41. The first-order valence-corrected chi connectivity index (χ1v) is 12.2. The molecule has 0 radical (unpaired) electrons. The minimum atomic E-state index is -4.91. The summed E-state index contributed by atoms with van der Waals surface area (Å²) in [6.45, 7) is -0.353. The highest BCUT2D eigenvalue weighted by Gasteiger charge is 2.34. The summed E-state index contributed by atoms with van der Waals surface area (Å²) < 4.78 is 93.4. The molecular weight excluding hydrogens is 533 g/mol. The number of hydrogen-bond acceptors (Lipinski definition) is 3. The van der Waals surface area contributed by atoms with Gasteiger partial charge in [0.05, 0.1) is 12.0 Å². The highest BCUT2D eigenvalue weighted by Crippen LogP contribution is 2.32. The average Bonchev–Trinajstić information content (AvgIpc) is 2.85. The number of benzene rings is 2. The smallest absolute Gasteiger partial charge is 0.350 e. The summed E-state index contributed by atoms with van der Waals surface area (Å²) in [6, 6.07) is 2.11. The van der Waals surface area contributed by atoms with Crippen LogP contribution in [0.1, 0.15) is 55.2 Å². The van der Waals surface area contributed by atoms with Crippen LogP contribution in [0.15, 0.2) is 30.3 Å². The van der Waals surface area contributed by atoms with Crippen LogP contribution >= 0.6 is 0 Å². The standard InChI is InChI=1S/C26H27F7N4O2/c27-16-10-20(29)17(21(30)11-16)12-23(38)37-25(34)36-22(9-14-4-2-1-3-5-14)24(39)35-13-15-6-7-19(28)18(8-15)26(31,32)33/h6-8,10-11,14,22H,1-5,9,12-13H2,(H,35,39)(H3,34,36,37,38)/t22-/m1/s1. The van der Waals surface area contributed by atoms with Gasteiger partial charge in [-0.2, -0.15) is 13.2 Å². The molecule has 2 aromatic carbocycles. The van der Waals surface area contributed by atoms with Crippen molar-refractivity contribution in [1.29, 1.82) is 5.41 Å². The summed E-state index contributed by atoms with van der Waals surface area (Å²) in [4.78, 5) is 25.2. The van der Waals surface area contributed by atoms with Gasteiger partial charge in [0.2, 0.25) is 11.8 Å². The summed E-state index contributed by atoms with van der Waals surface area (Å²) in [5.41, 5.74) is -2.17. The molecule has 1 fully saturated rings. The van der Waals surface area contributed by atoms with Crippen molar-refractivity contribution in [2.75, 3.05) is 0 Å². The summed E-state index contributed by atoms with van der Waals surface area (Å²) in [5, 5.41) is 15.2. The van der Waals surface area contributed by atoms with Gasteiger partial charge in [-0.25, -0.2) is 17.6 Å². The summed E-state index contributed by atoms with van der Waals surface area (Å²) in [7, 11) is 0. The van der Waals surface area contributed by atoms with Crippen LogP contribution in [0.2, 0.25) is 0 Å². The molecule has 0 saturated heterocycles. The van der Waals surface area contributed by atoms with Gasteiger partial charge in [-0.05, 0) is 30.0 Å². The topological polar surface area (TPSA) is 94.1 Å². The van der Waals surface area contributed by atoms with E-state index in [1.165, 1.54) is 0 Å². The third-order valence-electron chi connectivity index (χ3n) is 6.44. The lowest BCUT2D eigenvalue weighted by atomic mass is 9.84. The number of halogens is 7. The van der Waals surface area contributed by atoms with Gasteiger partial charge in [0.15, 0.2) is 5.96 Å². The van der Waals surface area contributed by atoms with E-state index < -0.39 is 70.8 Å². The van der Waals surface area contributed by atoms with Crippen LogP contribution < -0.4 is 16.0 Å². The largest absolute Gasteiger partial charge is 0.419 e. The quantitative estimate of drug-likeness (QED) is 0.206. The average molecular weight is 561 g/mol. The van der Waals surface area contributed by atoms with E-state index in [4.69, 9.17) is 5.41 Å². The van der Waals surface area contributed by atoms with Crippen molar-refractivity contribution in [1.82, 2.24) is 16.0 Å². The zero-order valence-corrected chi connectivity index (χ0v) is 20.7. The van der Waals surface area contributed by atoms with Crippen LogP contribution in [0.4, 0.5) is 30.7 Å². The maximum atomic E-state index is 13.9. The van der Waals surface area contributed by atoms with Crippen LogP contribution in [-0.2, 0) is 28.7 Å². The van der Waals surface area contributed by atoms with Crippen molar-refractivity contribution in [3.05, 3.63) is 70.3 Å². The van der Waals surface area contributed by atoms with E-state index in [9.17, 15) is 40.3 Å². The highest BCUT2D eigenvalue weighted by molar-refractivity contribution is 5.98. The summed E-state index contributed by atoms with van der Waals surface area (Å²) in [6.07, 6.45) is -0.939. The molecule has 1 saturated carbocycles. The van der Waals surface area contributed by atoms with Crippen molar-refractivity contribution in [2.24, 2.45) is 5.92 Å². The number of carbonyl (C=O) groups excluding carboxylic acids is 2. The summed E-state index contributed by atoms with van der Waals surface area (Å²) in [5.74, 6) is -7.35. The van der Waals surface area contributed by atoms with E-state index >= 15 is 0 Å². The van der Waals surface area contributed by atoms with Crippen LogP contribution in [0.5, 0.6) is 0 Å². The Labute approximate surface area is 219 Å². The number of rotatable bonds is 8. The molecule has 1 aliphatic carbocycles. The van der Waals surface area contributed by atoms with Gasteiger partial charge in [-0.1, -0.05) is 38.2 Å². The second kappa shape index (κ2) is 12.9. The Hall–Kier alpha value is -3.64. The molecule has 2 amide bonds. The summed E-state index contributed by atoms with van der Waals surface area (Å²) >= 11 is 0. The molecule has 0 bridgehead atoms. The lowest BCUT2D eigenvalue weighted by molar-refractivity contribution is -0.140. The molecule has 0 unspecified atom stereocenters. The Morgan fingerprint density at radius 1 is 0.949 bits per heavy atom. The van der Waals surface area contributed by atoms with Crippen molar-refractivity contribution in [2.45, 2.75) is 63.7 Å². The fourth-order valence-electron chi connectivity index (χ4n) is 4.50. The first-order valence-electron chi connectivity index (χ1n) is 12.2. The molecule has 3 rings (SSSR count). The minimum absolute atomic E-state index is 0.000205. The van der Waals surface area contributed by atoms with Crippen LogP contribution in [0, 0.1) is 34.6 Å². The molecule has 39 heavy (non-hydrogen) atoms. The molecular formula is C26H27F7N4O2. The van der Waals surface area contributed by atoms with Gasteiger partial charge in [0.1, 0.15) is 29.3 Å². The molecule has 1 aliphatic rings. The number of hydrogen-bond donors (Lipinski definition) is 4. The number of guanidine groups is 1. The number of amides is 2. The van der Waals surface area contributed by atoms with Crippen molar-refractivity contribution >= 4 is 17.8 Å². The predicted octanol–water partition coefficient (Wildman–Crippen LogP) is 5.10. The lowest BCUT2D eigenvalue weighted by Gasteiger charge is -2.27. The fourth-order valence-corrected chi connectivity index (χ4v) is 4.50. The molecule has 0 heterocycles. The van der Waals surface area contributed by atoms with Crippen LogP contribution in [0.25, 0.3) is 0 Å². The van der Waals surface area contributed by atoms with E-state index in [-0.39, 0.29) is 24.4 Å². The Kier molecular flexibility index (Phi) is 9.92. The molecule has 13 heteroatoms. The number of nitrogens with one attached hydrogen (secondary N) is 4. The van der Waals surface area contributed by atoms with Crippen molar-refractivity contribution in [3.63, 3.8) is 0 Å². The third-order valence-corrected chi connectivity index (χ3v) is 6.44. The van der Waals surface area contributed by atoms with Gasteiger partial charge in [0.25, 0.3) is 0 Å². The Morgan fingerprint density at radius 2 is 1.59 bits per heavy atom. The van der Waals surface area contributed by atoms with Gasteiger partial charge >= 0.3 is 6.18 Å². The van der Waals surface area contributed by atoms with E-state index in [0.29, 0.717) is 24.3 Å². The zero-order chi connectivity index (χ0) is 28.7. The van der Waals surface area contributed by atoms with Gasteiger partial charge in [-0.3, -0.25) is 20.3 Å². The molecule has 4 N–H and O–H groups in total. The fraction of sp³-hybridized carbons (Fsp3) is 0.423. The first kappa shape index (κ1) is 29.9. The maximum Gasteiger partial charge on any atom is 0.419 e. The molecule has 1 atom stereocenters. The van der Waals surface area contributed by atoms with Crippen molar-refractivity contribution < 1.29 is 40.3 Å². The zero-order valence-electron chi connectivity index (χ0n) is 20.7. The Balaban J connectivity index is 1.65. The van der Waals surface area contributed by atoms with Crippen LogP contribution in [-0.4, -0.2) is 23.8 Å². The minimum Gasteiger partial charge on any atom is -0.350 e. The van der Waals surface area contributed by atoms with Crippen LogP contribution in [0.3, 0.4) is 0 Å². The van der Waals surface area contributed by atoms with E-state index in [1.807, 2.05) is 0 Å². The monoisotopic (exact) mass is 560 g/mol. The second-order valence-electron chi connectivity index (χ2n) is 9.41.